The van der Waals surface area contributed by atoms with Crippen molar-refractivity contribution in [2.24, 2.45) is 0 Å². The lowest BCUT2D eigenvalue weighted by atomic mass is 9.95. The fraction of sp³-hybridized carbons (Fsp3) is 0.462. The maximum absolute atomic E-state index is 14.0. The Labute approximate surface area is 105 Å². The second-order valence-electron chi connectivity index (χ2n) is 4.74. The van der Waals surface area contributed by atoms with Crippen LogP contribution < -0.4 is 5.73 Å². The fourth-order valence-corrected chi connectivity index (χ4v) is 2.23. The molecule has 1 heterocycles. The molecule has 0 saturated carbocycles. The van der Waals surface area contributed by atoms with E-state index in [2.05, 4.69) is 4.98 Å². The minimum atomic E-state index is -0.884. The molecular formula is C13H17F2N3. The maximum Gasteiger partial charge on any atom is 0.201 e. The van der Waals surface area contributed by atoms with E-state index in [9.17, 15) is 8.78 Å². The zero-order chi connectivity index (χ0) is 13.5. The zero-order valence-electron chi connectivity index (χ0n) is 10.8. The lowest BCUT2D eigenvalue weighted by molar-refractivity contribution is 0.304. The lowest BCUT2D eigenvalue weighted by Gasteiger charge is -2.30. The molecular weight excluding hydrogens is 236 g/mol. The monoisotopic (exact) mass is 253 g/mol. The molecule has 18 heavy (non-hydrogen) atoms. The largest absolute Gasteiger partial charge is 0.369 e. The van der Waals surface area contributed by atoms with E-state index in [4.69, 9.17) is 5.73 Å². The number of aromatic nitrogens is 2. The molecule has 98 valence electrons. The third-order valence-electron chi connectivity index (χ3n) is 3.80. The van der Waals surface area contributed by atoms with Crippen molar-refractivity contribution in [1.82, 2.24) is 9.55 Å². The molecule has 0 unspecified atom stereocenters. The predicted molar refractivity (Wildman–Crippen MR) is 68.3 cm³/mol. The first-order valence-corrected chi connectivity index (χ1v) is 6.07. The predicted octanol–water partition coefficient (Wildman–Crippen LogP) is 3.43. The number of fused-ring (bicyclic) bond motifs is 1. The average Bonchev–Trinajstić information content (AvgIpc) is 2.71. The van der Waals surface area contributed by atoms with Gasteiger partial charge in [0.25, 0.3) is 0 Å². The van der Waals surface area contributed by atoms with Gasteiger partial charge in [-0.1, -0.05) is 13.8 Å². The summed E-state index contributed by atoms with van der Waals surface area (Å²) < 4.78 is 29.0. The molecule has 2 N–H and O–H groups in total. The Balaban J connectivity index is 2.85. The van der Waals surface area contributed by atoms with Crippen molar-refractivity contribution >= 4 is 17.0 Å². The average molecular weight is 253 g/mol. The molecule has 0 amide bonds. The topological polar surface area (TPSA) is 43.8 Å². The SMILES string of the molecule is CCC(C)(CC)n1c(N)nc2ccc(F)c(F)c21. The number of hydrogen-bond acceptors (Lipinski definition) is 2. The molecule has 0 aliphatic rings. The van der Waals surface area contributed by atoms with Gasteiger partial charge in [-0.2, -0.15) is 0 Å². The van der Waals surface area contributed by atoms with E-state index < -0.39 is 11.6 Å². The second-order valence-corrected chi connectivity index (χ2v) is 4.74. The van der Waals surface area contributed by atoms with E-state index in [1.807, 2.05) is 20.8 Å². The van der Waals surface area contributed by atoms with Crippen LogP contribution in [0.4, 0.5) is 14.7 Å². The van der Waals surface area contributed by atoms with Gasteiger partial charge < -0.3 is 10.3 Å². The second kappa shape index (κ2) is 4.23. The molecule has 0 radical (unpaired) electrons. The molecule has 1 aromatic heterocycles. The Morgan fingerprint density at radius 3 is 2.44 bits per heavy atom. The van der Waals surface area contributed by atoms with Gasteiger partial charge >= 0.3 is 0 Å². The Kier molecular flexibility index (Phi) is 3.00. The molecule has 3 nitrogen and oxygen atoms in total. The van der Waals surface area contributed by atoms with Gasteiger partial charge in [-0.15, -0.1) is 0 Å². The van der Waals surface area contributed by atoms with Gasteiger partial charge in [-0.25, -0.2) is 13.8 Å². The first-order valence-electron chi connectivity index (χ1n) is 6.07. The zero-order valence-corrected chi connectivity index (χ0v) is 10.8. The summed E-state index contributed by atoms with van der Waals surface area (Å²) in [6.07, 6.45) is 1.52. The van der Waals surface area contributed by atoms with E-state index in [0.29, 0.717) is 5.52 Å². The minimum Gasteiger partial charge on any atom is -0.369 e. The molecule has 0 spiro atoms. The number of imidazole rings is 1. The molecule has 2 rings (SSSR count). The summed E-state index contributed by atoms with van der Waals surface area (Å²) in [5.41, 5.74) is 6.04. The van der Waals surface area contributed by atoms with Crippen LogP contribution in [0.5, 0.6) is 0 Å². The van der Waals surface area contributed by atoms with E-state index in [1.165, 1.54) is 6.07 Å². The summed E-state index contributed by atoms with van der Waals surface area (Å²) in [5.74, 6) is -1.54. The highest BCUT2D eigenvalue weighted by Gasteiger charge is 2.28. The van der Waals surface area contributed by atoms with Crippen LogP contribution in [0.1, 0.15) is 33.6 Å². The van der Waals surface area contributed by atoms with E-state index in [1.54, 1.807) is 4.57 Å². The Hall–Kier alpha value is -1.65. The molecule has 0 atom stereocenters. The normalized spacial score (nSPS) is 12.3. The van der Waals surface area contributed by atoms with Crippen LogP contribution in [-0.4, -0.2) is 9.55 Å². The number of anilines is 1. The van der Waals surface area contributed by atoms with Crippen molar-refractivity contribution in [3.63, 3.8) is 0 Å². The summed E-state index contributed by atoms with van der Waals surface area (Å²) in [6, 6.07) is 2.52. The molecule has 0 fully saturated rings. The van der Waals surface area contributed by atoms with Gasteiger partial charge in [0.15, 0.2) is 11.6 Å². The summed E-state index contributed by atoms with van der Waals surface area (Å²) in [7, 11) is 0. The first-order chi connectivity index (χ1) is 8.44. The summed E-state index contributed by atoms with van der Waals surface area (Å²) in [5, 5.41) is 0. The van der Waals surface area contributed by atoms with Crippen molar-refractivity contribution in [1.29, 1.82) is 0 Å². The van der Waals surface area contributed by atoms with Crippen molar-refractivity contribution in [2.45, 2.75) is 39.2 Å². The van der Waals surface area contributed by atoms with Crippen LogP contribution in [0.15, 0.2) is 12.1 Å². The Bertz CT molecular complexity index is 585. The van der Waals surface area contributed by atoms with Crippen molar-refractivity contribution in [3.05, 3.63) is 23.8 Å². The molecule has 0 bridgehead atoms. The van der Waals surface area contributed by atoms with Crippen LogP contribution in [0.2, 0.25) is 0 Å². The van der Waals surface area contributed by atoms with Crippen LogP contribution in [-0.2, 0) is 5.54 Å². The van der Waals surface area contributed by atoms with Gasteiger partial charge in [-0.05, 0) is 31.9 Å². The lowest BCUT2D eigenvalue weighted by Crippen LogP contribution is -2.30. The van der Waals surface area contributed by atoms with Gasteiger partial charge in [0.2, 0.25) is 5.95 Å². The highest BCUT2D eigenvalue weighted by Crippen LogP contribution is 2.33. The van der Waals surface area contributed by atoms with Gasteiger partial charge in [-0.3, -0.25) is 0 Å². The highest BCUT2D eigenvalue weighted by molar-refractivity contribution is 5.79. The summed E-state index contributed by atoms with van der Waals surface area (Å²) >= 11 is 0. The molecule has 2 aromatic rings. The van der Waals surface area contributed by atoms with Crippen LogP contribution in [0.25, 0.3) is 11.0 Å². The number of nitrogens with two attached hydrogens (primary N) is 1. The van der Waals surface area contributed by atoms with E-state index in [0.717, 1.165) is 18.9 Å². The molecule has 0 aliphatic heterocycles. The van der Waals surface area contributed by atoms with Crippen molar-refractivity contribution < 1.29 is 8.78 Å². The van der Waals surface area contributed by atoms with Gasteiger partial charge in [0.1, 0.15) is 5.52 Å². The number of rotatable bonds is 3. The van der Waals surface area contributed by atoms with Gasteiger partial charge in [0.05, 0.1) is 5.52 Å². The number of hydrogen-bond donors (Lipinski definition) is 1. The van der Waals surface area contributed by atoms with Crippen LogP contribution in [0, 0.1) is 11.6 Å². The van der Waals surface area contributed by atoms with Crippen LogP contribution in [0.3, 0.4) is 0 Å². The number of benzene rings is 1. The third-order valence-corrected chi connectivity index (χ3v) is 3.80. The molecule has 0 aliphatic carbocycles. The van der Waals surface area contributed by atoms with Crippen molar-refractivity contribution in [3.8, 4) is 0 Å². The van der Waals surface area contributed by atoms with Crippen LogP contribution >= 0.6 is 0 Å². The smallest absolute Gasteiger partial charge is 0.201 e. The summed E-state index contributed by atoms with van der Waals surface area (Å²) in [6.45, 7) is 5.95. The van der Waals surface area contributed by atoms with Crippen molar-refractivity contribution in [2.75, 3.05) is 5.73 Å². The number of nitrogen functional groups attached to an aromatic ring is 1. The Morgan fingerprint density at radius 2 is 1.89 bits per heavy atom. The quantitative estimate of drug-likeness (QED) is 0.910. The molecule has 5 heteroatoms. The molecule has 0 saturated heterocycles. The van der Waals surface area contributed by atoms with E-state index in [-0.39, 0.29) is 17.0 Å². The Morgan fingerprint density at radius 1 is 1.28 bits per heavy atom. The third kappa shape index (κ3) is 1.65. The first kappa shape index (κ1) is 12.8. The summed E-state index contributed by atoms with van der Waals surface area (Å²) in [4.78, 5) is 4.11. The van der Waals surface area contributed by atoms with Gasteiger partial charge in [0, 0.05) is 5.54 Å². The number of halogens is 2. The fourth-order valence-electron chi connectivity index (χ4n) is 2.23. The van der Waals surface area contributed by atoms with E-state index >= 15 is 0 Å². The number of nitrogens with zero attached hydrogens (tertiary/aromatic N) is 2. The maximum atomic E-state index is 14.0. The minimum absolute atomic E-state index is 0.152. The molecule has 1 aromatic carbocycles. The standard InChI is InChI=1S/C13H17F2N3/c1-4-13(3,5-2)18-11-9(17-12(18)16)7-6-8(14)10(11)15/h6-7H,4-5H2,1-3H3,(H2,16,17). The highest BCUT2D eigenvalue weighted by atomic mass is 19.2.